The molecule has 2 aromatic carbocycles. The highest BCUT2D eigenvalue weighted by atomic mass is 79.9. The number of carbonyl (C=O) groups excluding carboxylic acids is 1. The van der Waals surface area contributed by atoms with E-state index in [1.165, 1.54) is 4.90 Å². The highest BCUT2D eigenvalue weighted by Crippen LogP contribution is 2.43. The summed E-state index contributed by atoms with van der Waals surface area (Å²) in [5.74, 6) is 1.29. The third kappa shape index (κ3) is 6.17. The summed E-state index contributed by atoms with van der Waals surface area (Å²) in [6.45, 7) is 13.0. The third-order valence-corrected chi connectivity index (χ3v) is 6.86. The van der Waals surface area contributed by atoms with Gasteiger partial charge in [-0.3, -0.25) is 10.2 Å². The SMILES string of the molecule is Br.CCOc1cc2c(cc1OCC)C(F)N(CC(=O)c1cc(N3CCOCC3)c(OC)c(C(C)(C)C)c1)C2=N. The maximum Gasteiger partial charge on any atom is 0.200 e. The van der Waals surface area contributed by atoms with Gasteiger partial charge in [0.2, 0.25) is 6.30 Å². The smallest absolute Gasteiger partial charge is 0.200 e. The number of Topliss-reactive ketones (excluding diaryl/α,β-unsaturated/α-hetero) is 1. The number of ether oxygens (including phenoxy) is 4. The van der Waals surface area contributed by atoms with Crippen LogP contribution in [0.15, 0.2) is 24.3 Å². The normalized spacial score (nSPS) is 17.0. The number of morpholine rings is 1. The Morgan fingerprint density at radius 1 is 1.08 bits per heavy atom. The first kappa shape index (κ1) is 30.7. The zero-order valence-corrected chi connectivity index (χ0v) is 25.3. The molecule has 2 aliphatic rings. The van der Waals surface area contributed by atoms with Crippen LogP contribution in [0.1, 0.15) is 68.0 Å². The van der Waals surface area contributed by atoms with E-state index in [1.807, 2.05) is 26.0 Å². The van der Waals surface area contributed by atoms with Crippen LogP contribution >= 0.6 is 17.0 Å². The van der Waals surface area contributed by atoms with Gasteiger partial charge in [-0.2, -0.15) is 0 Å². The van der Waals surface area contributed by atoms with Gasteiger partial charge in [-0.25, -0.2) is 4.39 Å². The first-order valence-electron chi connectivity index (χ1n) is 13.1. The number of benzene rings is 2. The van der Waals surface area contributed by atoms with Crippen LogP contribution in [0.25, 0.3) is 0 Å². The number of halogens is 2. The molecule has 1 atom stereocenters. The average molecular weight is 609 g/mol. The number of hydrogen-bond donors (Lipinski definition) is 1. The molecule has 4 rings (SSSR count). The molecule has 214 valence electrons. The van der Waals surface area contributed by atoms with E-state index in [1.54, 1.807) is 19.2 Å². The summed E-state index contributed by atoms with van der Waals surface area (Å²) in [7, 11) is 1.64. The van der Waals surface area contributed by atoms with E-state index in [4.69, 9.17) is 24.4 Å². The van der Waals surface area contributed by atoms with Gasteiger partial charge in [-0.15, -0.1) is 17.0 Å². The summed E-state index contributed by atoms with van der Waals surface area (Å²) in [6, 6.07) is 6.87. The van der Waals surface area contributed by atoms with Crippen LogP contribution in [0.3, 0.4) is 0 Å². The zero-order valence-electron chi connectivity index (χ0n) is 23.6. The van der Waals surface area contributed by atoms with E-state index in [-0.39, 0.29) is 40.6 Å². The van der Waals surface area contributed by atoms with Crippen molar-refractivity contribution in [1.82, 2.24) is 4.90 Å². The Morgan fingerprint density at radius 2 is 1.69 bits per heavy atom. The number of amidine groups is 1. The number of rotatable bonds is 9. The molecule has 10 heteroatoms. The van der Waals surface area contributed by atoms with Crippen molar-refractivity contribution in [3.05, 3.63) is 46.5 Å². The summed E-state index contributed by atoms with van der Waals surface area (Å²) in [6.07, 6.45) is -1.64. The number of methoxy groups -OCH3 is 1. The van der Waals surface area contributed by atoms with Gasteiger partial charge < -0.3 is 28.7 Å². The molecule has 2 aromatic rings. The Hall–Kier alpha value is -2.85. The van der Waals surface area contributed by atoms with Crippen LogP contribution in [0, 0.1) is 5.41 Å². The van der Waals surface area contributed by atoms with Gasteiger partial charge >= 0.3 is 0 Å². The molecule has 39 heavy (non-hydrogen) atoms. The zero-order chi connectivity index (χ0) is 27.6. The van der Waals surface area contributed by atoms with Gasteiger partial charge in [0.05, 0.1) is 45.8 Å². The molecule has 1 unspecified atom stereocenters. The molecule has 0 aliphatic carbocycles. The van der Waals surface area contributed by atoms with E-state index in [0.29, 0.717) is 67.7 Å². The summed E-state index contributed by atoms with van der Waals surface area (Å²) < 4.78 is 38.4. The average Bonchev–Trinajstić information content (AvgIpc) is 3.12. The molecule has 0 amide bonds. The van der Waals surface area contributed by atoms with Crippen LogP contribution in [0.5, 0.6) is 17.2 Å². The van der Waals surface area contributed by atoms with E-state index in [2.05, 4.69) is 25.7 Å². The van der Waals surface area contributed by atoms with E-state index >= 15 is 4.39 Å². The number of fused-ring (bicyclic) bond motifs is 1. The molecule has 1 saturated heterocycles. The van der Waals surface area contributed by atoms with Crippen molar-refractivity contribution in [1.29, 1.82) is 5.41 Å². The lowest BCUT2D eigenvalue weighted by Crippen LogP contribution is -2.37. The van der Waals surface area contributed by atoms with Crippen molar-refractivity contribution in [3.63, 3.8) is 0 Å². The van der Waals surface area contributed by atoms with Gasteiger partial charge in [-0.05, 0) is 43.5 Å². The predicted octanol–water partition coefficient (Wildman–Crippen LogP) is 5.70. The number of ketones is 1. The molecule has 0 aromatic heterocycles. The lowest BCUT2D eigenvalue weighted by Gasteiger charge is -2.33. The predicted molar refractivity (Wildman–Crippen MR) is 156 cm³/mol. The quantitative estimate of drug-likeness (QED) is 0.289. The number of nitrogens with zero attached hydrogens (tertiary/aromatic N) is 2. The van der Waals surface area contributed by atoms with Gasteiger partial charge in [0.25, 0.3) is 0 Å². The van der Waals surface area contributed by atoms with Gasteiger partial charge in [0, 0.05) is 35.3 Å². The molecule has 0 bridgehead atoms. The van der Waals surface area contributed by atoms with Gasteiger partial charge in [0.15, 0.2) is 17.3 Å². The Balaban J connectivity index is 0.00000420. The molecule has 2 heterocycles. The Labute approximate surface area is 240 Å². The molecule has 8 nitrogen and oxygen atoms in total. The highest BCUT2D eigenvalue weighted by molar-refractivity contribution is 8.93. The van der Waals surface area contributed by atoms with Crippen LogP contribution in [-0.4, -0.2) is 69.7 Å². The summed E-state index contributed by atoms with van der Waals surface area (Å²) in [5, 5.41) is 8.68. The molecule has 0 saturated carbocycles. The minimum Gasteiger partial charge on any atom is -0.494 e. The number of alkyl halides is 1. The second kappa shape index (κ2) is 12.6. The number of nitrogens with one attached hydrogen (secondary N) is 1. The fourth-order valence-corrected chi connectivity index (χ4v) is 4.94. The Kier molecular flexibility index (Phi) is 9.88. The molecule has 1 fully saturated rings. The lowest BCUT2D eigenvalue weighted by molar-refractivity contribution is 0.0890. The topological polar surface area (TPSA) is 84.3 Å². The molecule has 0 spiro atoms. The summed E-state index contributed by atoms with van der Waals surface area (Å²) in [4.78, 5) is 17.0. The van der Waals surface area contributed by atoms with Crippen LogP contribution in [0.4, 0.5) is 10.1 Å². The maximum absolute atomic E-state index is 15.7. The first-order valence-corrected chi connectivity index (χ1v) is 13.1. The standard InChI is InChI=1S/C29H38FN3O5.BrH/c1-7-37-24-15-19-20(16-25(24)38-8-2)28(31)33(27(19)30)17-23(34)18-13-21(29(3,4)5)26(35-6)22(14-18)32-9-11-36-12-10-32;/h13-16,27,31H,7-12,17H2,1-6H3;1H. The van der Waals surface area contributed by atoms with Crippen molar-refractivity contribution in [3.8, 4) is 17.2 Å². The van der Waals surface area contributed by atoms with Crippen LogP contribution in [0.2, 0.25) is 0 Å². The Morgan fingerprint density at radius 3 is 2.26 bits per heavy atom. The first-order chi connectivity index (χ1) is 18.1. The monoisotopic (exact) mass is 607 g/mol. The molecular weight excluding hydrogens is 569 g/mol. The summed E-state index contributed by atoms with van der Waals surface area (Å²) >= 11 is 0. The fourth-order valence-electron chi connectivity index (χ4n) is 4.94. The minimum atomic E-state index is -1.64. The van der Waals surface area contributed by atoms with Crippen molar-refractivity contribution in [2.75, 3.05) is 58.1 Å². The number of carbonyl (C=O) groups is 1. The largest absolute Gasteiger partial charge is 0.494 e. The second-order valence-electron chi connectivity index (χ2n) is 10.4. The van der Waals surface area contributed by atoms with E-state index in [9.17, 15) is 4.79 Å². The van der Waals surface area contributed by atoms with Crippen molar-refractivity contribution in [2.24, 2.45) is 0 Å². The fraction of sp³-hybridized carbons (Fsp3) is 0.517. The minimum absolute atomic E-state index is 0. The highest BCUT2D eigenvalue weighted by Gasteiger charge is 2.37. The number of hydrogen-bond acceptors (Lipinski definition) is 7. The van der Waals surface area contributed by atoms with Gasteiger partial charge in [0.1, 0.15) is 11.6 Å². The Bertz CT molecular complexity index is 1210. The van der Waals surface area contributed by atoms with E-state index in [0.717, 1.165) is 17.0 Å². The van der Waals surface area contributed by atoms with Crippen molar-refractivity contribution < 1.29 is 28.1 Å². The summed E-state index contributed by atoms with van der Waals surface area (Å²) in [5.41, 5.74) is 2.58. The molecule has 2 aliphatic heterocycles. The van der Waals surface area contributed by atoms with Crippen molar-refractivity contribution in [2.45, 2.75) is 46.3 Å². The van der Waals surface area contributed by atoms with Gasteiger partial charge in [-0.1, -0.05) is 20.8 Å². The number of anilines is 1. The molecule has 1 N–H and O–H groups in total. The maximum atomic E-state index is 15.7. The second-order valence-corrected chi connectivity index (χ2v) is 10.4. The van der Waals surface area contributed by atoms with E-state index < -0.39 is 6.30 Å². The molecule has 0 radical (unpaired) electrons. The lowest BCUT2D eigenvalue weighted by atomic mass is 9.84. The van der Waals surface area contributed by atoms with Crippen molar-refractivity contribution >= 4 is 34.3 Å². The van der Waals surface area contributed by atoms with Crippen LogP contribution in [-0.2, 0) is 10.2 Å². The third-order valence-electron chi connectivity index (χ3n) is 6.86. The molecular formula is C29H39BrFN3O5. The van der Waals surface area contributed by atoms with Crippen LogP contribution < -0.4 is 19.1 Å².